The molecule has 0 spiro atoms. The van der Waals surface area contributed by atoms with Gasteiger partial charge in [0.1, 0.15) is 11.6 Å². The lowest BCUT2D eigenvalue weighted by Crippen LogP contribution is -2.37. The molecular formula is C25H19F5N2O2. The predicted octanol–water partition coefficient (Wildman–Crippen LogP) is 5.82. The van der Waals surface area contributed by atoms with Crippen molar-refractivity contribution in [3.8, 4) is 0 Å². The van der Waals surface area contributed by atoms with Crippen molar-refractivity contribution in [1.29, 1.82) is 0 Å². The van der Waals surface area contributed by atoms with Crippen LogP contribution in [-0.2, 0) is 17.6 Å². The van der Waals surface area contributed by atoms with Crippen LogP contribution in [0.3, 0.4) is 0 Å². The molecule has 4 rings (SSSR count). The predicted molar refractivity (Wildman–Crippen MR) is 115 cm³/mol. The van der Waals surface area contributed by atoms with Gasteiger partial charge in [-0.1, -0.05) is 35.5 Å². The summed E-state index contributed by atoms with van der Waals surface area (Å²) in [6.45, 7) is -0.148. The maximum atomic E-state index is 13.7. The van der Waals surface area contributed by atoms with Crippen LogP contribution in [0.25, 0.3) is 0 Å². The molecule has 1 heterocycles. The Hall–Kier alpha value is -3.75. The Kier molecular flexibility index (Phi) is 6.63. The Bertz CT molecular complexity index is 1210. The van der Waals surface area contributed by atoms with Gasteiger partial charge in [-0.05, 0) is 53.6 Å². The van der Waals surface area contributed by atoms with Crippen molar-refractivity contribution in [2.24, 2.45) is 5.16 Å². The molecular weight excluding hydrogens is 455 g/mol. The number of carbonyl (C=O) groups is 1. The third kappa shape index (κ3) is 5.59. The van der Waals surface area contributed by atoms with Gasteiger partial charge in [0, 0.05) is 18.5 Å². The van der Waals surface area contributed by atoms with E-state index in [0.717, 1.165) is 18.2 Å². The highest BCUT2D eigenvalue weighted by Gasteiger charge is 2.31. The molecule has 1 aliphatic heterocycles. The molecule has 0 aliphatic carbocycles. The molecule has 0 radical (unpaired) electrons. The summed E-state index contributed by atoms with van der Waals surface area (Å²) < 4.78 is 66.4. The molecule has 4 nitrogen and oxygen atoms in total. The van der Waals surface area contributed by atoms with Gasteiger partial charge >= 0.3 is 6.18 Å². The molecule has 1 unspecified atom stereocenters. The molecule has 1 aliphatic rings. The van der Waals surface area contributed by atoms with Crippen molar-refractivity contribution in [1.82, 2.24) is 4.90 Å². The van der Waals surface area contributed by atoms with Crippen molar-refractivity contribution in [2.75, 3.05) is 6.54 Å². The van der Waals surface area contributed by atoms with Crippen LogP contribution < -0.4 is 0 Å². The lowest BCUT2D eigenvalue weighted by atomic mass is 10.0. The van der Waals surface area contributed by atoms with Crippen molar-refractivity contribution in [3.05, 3.63) is 107 Å². The molecule has 1 atom stereocenters. The third-order valence-electron chi connectivity index (χ3n) is 5.32. The Morgan fingerprint density at radius 3 is 2.41 bits per heavy atom. The second-order valence-electron chi connectivity index (χ2n) is 7.87. The zero-order chi connectivity index (χ0) is 24.3. The first-order valence-electron chi connectivity index (χ1n) is 10.4. The molecule has 0 bridgehead atoms. The quantitative estimate of drug-likeness (QED) is 0.423. The van der Waals surface area contributed by atoms with Gasteiger partial charge in [0.15, 0.2) is 6.10 Å². The van der Waals surface area contributed by atoms with Crippen LogP contribution in [0.5, 0.6) is 0 Å². The van der Waals surface area contributed by atoms with Gasteiger partial charge in [0.25, 0.3) is 5.91 Å². The Morgan fingerprint density at radius 1 is 0.971 bits per heavy atom. The van der Waals surface area contributed by atoms with Crippen LogP contribution in [0, 0.1) is 11.6 Å². The van der Waals surface area contributed by atoms with E-state index in [2.05, 4.69) is 5.16 Å². The van der Waals surface area contributed by atoms with Crippen LogP contribution in [0.1, 0.15) is 33.5 Å². The van der Waals surface area contributed by atoms with E-state index in [4.69, 9.17) is 4.84 Å². The van der Waals surface area contributed by atoms with Crippen LogP contribution in [-0.4, -0.2) is 29.2 Å². The summed E-state index contributed by atoms with van der Waals surface area (Å²) in [7, 11) is 0. The second-order valence-corrected chi connectivity index (χ2v) is 7.87. The van der Waals surface area contributed by atoms with E-state index >= 15 is 0 Å². The minimum Gasteiger partial charge on any atom is -0.390 e. The van der Waals surface area contributed by atoms with Crippen LogP contribution in [0.15, 0.2) is 78.0 Å². The average Bonchev–Trinajstić information content (AvgIpc) is 3.27. The lowest BCUT2D eigenvalue weighted by molar-refractivity contribution is -0.137. The number of halogens is 5. The third-order valence-corrected chi connectivity index (χ3v) is 5.32. The highest BCUT2D eigenvalue weighted by atomic mass is 19.4. The largest absolute Gasteiger partial charge is 0.416 e. The molecule has 9 heteroatoms. The zero-order valence-corrected chi connectivity index (χ0v) is 17.7. The van der Waals surface area contributed by atoms with Crippen molar-refractivity contribution in [3.63, 3.8) is 0 Å². The summed E-state index contributed by atoms with van der Waals surface area (Å²) in [5.41, 5.74) is 0.705. The van der Waals surface area contributed by atoms with E-state index < -0.39 is 35.4 Å². The Labute approximate surface area is 192 Å². The molecule has 0 saturated carbocycles. The normalized spacial score (nSPS) is 15.6. The monoisotopic (exact) mass is 474 g/mol. The number of amides is 1. The first kappa shape index (κ1) is 23.4. The van der Waals surface area contributed by atoms with Crippen molar-refractivity contribution in [2.45, 2.75) is 25.2 Å². The molecule has 34 heavy (non-hydrogen) atoms. The van der Waals surface area contributed by atoms with E-state index in [-0.39, 0.29) is 24.2 Å². The first-order valence-corrected chi connectivity index (χ1v) is 10.4. The van der Waals surface area contributed by atoms with Gasteiger partial charge in [0.2, 0.25) is 0 Å². The van der Waals surface area contributed by atoms with Gasteiger partial charge in [-0.15, -0.1) is 0 Å². The smallest absolute Gasteiger partial charge is 0.390 e. The standard InChI is InChI=1S/C25H19F5N2O2/c26-20-9-7-17(8-10-20)23-13-22(34-31-23)15-32(24(33)18-4-2-6-21(27)12-18)14-16-3-1-5-19(11-16)25(28,29)30/h1-12,22H,13-15H2. The lowest BCUT2D eigenvalue weighted by Gasteiger charge is -2.25. The fourth-order valence-electron chi connectivity index (χ4n) is 3.67. The first-order chi connectivity index (χ1) is 16.2. The van der Waals surface area contributed by atoms with Crippen molar-refractivity contribution >= 4 is 11.6 Å². The molecule has 3 aromatic rings. The van der Waals surface area contributed by atoms with E-state index in [9.17, 15) is 26.7 Å². The second kappa shape index (κ2) is 9.62. The number of oxime groups is 1. The van der Waals surface area contributed by atoms with Gasteiger partial charge in [-0.3, -0.25) is 4.79 Å². The number of benzene rings is 3. The summed E-state index contributed by atoms with van der Waals surface area (Å²) >= 11 is 0. The molecule has 0 aromatic heterocycles. The maximum absolute atomic E-state index is 13.7. The van der Waals surface area contributed by atoms with Gasteiger partial charge in [0.05, 0.1) is 17.8 Å². The number of nitrogens with zero attached hydrogens (tertiary/aromatic N) is 2. The van der Waals surface area contributed by atoms with Crippen LogP contribution in [0.4, 0.5) is 22.0 Å². The van der Waals surface area contributed by atoms with Crippen LogP contribution >= 0.6 is 0 Å². The molecule has 0 saturated heterocycles. The Balaban J connectivity index is 1.55. The number of hydrogen-bond acceptors (Lipinski definition) is 3. The number of alkyl halides is 3. The highest BCUT2D eigenvalue weighted by Crippen LogP contribution is 2.30. The molecule has 3 aromatic carbocycles. The topological polar surface area (TPSA) is 41.9 Å². The van der Waals surface area contributed by atoms with Gasteiger partial charge in [-0.2, -0.15) is 13.2 Å². The highest BCUT2D eigenvalue weighted by molar-refractivity contribution is 6.01. The molecule has 1 amide bonds. The maximum Gasteiger partial charge on any atom is 0.416 e. The molecule has 0 fully saturated rings. The van der Waals surface area contributed by atoms with E-state index in [1.54, 1.807) is 12.1 Å². The SMILES string of the molecule is O=C(c1cccc(F)c1)N(Cc1cccc(C(F)(F)F)c1)CC1CC(c2ccc(F)cc2)=NO1. The van der Waals surface area contributed by atoms with E-state index in [0.29, 0.717) is 17.7 Å². The summed E-state index contributed by atoms with van der Waals surface area (Å²) in [6.07, 6.45) is -4.80. The van der Waals surface area contributed by atoms with Crippen molar-refractivity contribution < 1.29 is 31.6 Å². The summed E-state index contributed by atoms with van der Waals surface area (Å²) in [4.78, 5) is 19.9. The molecule has 0 N–H and O–H groups in total. The number of carbonyl (C=O) groups excluding carboxylic acids is 1. The van der Waals surface area contributed by atoms with E-state index in [1.165, 1.54) is 47.4 Å². The Morgan fingerprint density at radius 2 is 1.71 bits per heavy atom. The minimum absolute atomic E-state index is 0.000211. The summed E-state index contributed by atoms with van der Waals surface area (Å²) in [5, 5.41) is 4.02. The average molecular weight is 474 g/mol. The fraction of sp³-hybridized carbons (Fsp3) is 0.200. The van der Waals surface area contributed by atoms with Gasteiger partial charge in [-0.25, -0.2) is 8.78 Å². The van der Waals surface area contributed by atoms with Gasteiger partial charge < -0.3 is 9.74 Å². The number of rotatable bonds is 6. The fourth-order valence-corrected chi connectivity index (χ4v) is 3.67. The minimum atomic E-state index is -4.53. The zero-order valence-electron chi connectivity index (χ0n) is 17.7. The summed E-state index contributed by atoms with van der Waals surface area (Å²) in [6, 6.07) is 15.4. The van der Waals surface area contributed by atoms with Crippen LogP contribution in [0.2, 0.25) is 0 Å². The number of hydrogen-bond donors (Lipinski definition) is 0. The molecule has 176 valence electrons. The summed E-state index contributed by atoms with van der Waals surface area (Å²) in [5.74, 6) is -1.56. The van der Waals surface area contributed by atoms with E-state index in [1.807, 2.05) is 0 Å².